The fourth-order valence-corrected chi connectivity index (χ4v) is 4.24. The van der Waals surface area contributed by atoms with Gasteiger partial charge in [0.15, 0.2) is 5.82 Å². The first-order chi connectivity index (χ1) is 16.4. The number of nitrogens with two attached hydrogens (primary N) is 1. The van der Waals surface area contributed by atoms with Crippen LogP contribution in [0.1, 0.15) is 27.3 Å². The van der Waals surface area contributed by atoms with E-state index in [0.29, 0.717) is 47.1 Å². The molecule has 0 bridgehead atoms. The normalized spacial score (nSPS) is 13.6. The molecule has 4 heterocycles. The highest BCUT2D eigenvalue weighted by Gasteiger charge is 2.23. The van der Waals surface area contributed by atoms with Crippen LogP contribution in [0.5, 0.6) is 0 Å². The zero-order valence-corrected chi connectivity index (χ0v) is 18.6. The van der Waals surface area contributed by atoms with E-state index in [4.69, 9.17) is 15.7 Å². The summed E-state index contributed by atoms with van der Waals surface area (Å²) in [4.78, 5) is 28.2. The van der Waals surface area contributed by atoms with Crippen molar-refractivity contribution < 1.29 is 14.8 Å². The van der Waals surface area contributed by atoms with Crippen LogP contribution < -0.4 is 16.5 Å². The summed E-state index contributed by atoms with van der Waals surface area (Å²) >= 11 is 0. The Morgan fingerprint density at radius 1 is 1.21 bits per heavy atom. The summed E-state index contributed by atoms with van der Waals surface area (Å²) in [6, 6.07) is 12.4. The Morgan fingerprint density at radius 3 is 2.82 bits per heavy atom. The van der Waals surface area contributed by atoms with E-state index >= 15 is 0 Å². The van der Waals surface area contributed by atoms with Crippen LogP contribution >= 0.6 is 0 Å². The lowest BCUT2D eigenvalue weighted by molar-refractivity contribution is 0.0994. The third kappa shape index (κ3) is 4.12. The van der Waals surface area contributed by atoms with Gasteiger partial charge in [0, 0.05) is 31.6 Å². The summed E-state index contributed by atoms with van der Waals surface area (Å²) in [6.07, 6.45) is 2.33. The van der Waals surface area contributed by atoms with Crippen LogP contribution in [0.15, 0.2) is 48.8 Å². The number of rotatable bonds is 6. The van der Waals surface area contributed by atoms with Gasteiger partial charge in [-0.25, -0.2) is 15.0 Å². The van der Waals surface area contributed by atoms with Crippen molar-refractivity contribution in [2.75, 3.05) is 18.9 Å². The summed E-state index contributed by atoms with van der Waals surface area (Å²) in [5.41, 5.74) is 10.4. The number of likely N-dealkylation sites (N-methyl/N-ethyl adjacent to an activating group) is 1. The van der Waals surface area contributed by atoms with Gasteiger partial charge in [-0.1, -0.05) is 30.3 Å². The fraction of sp³-hybridized carbons (Fsp3) is 0.217. The molecule has 0 spiro atoms. The van der Waals surface area contributed by atoms with Gasteiger partial charge in [-0.05, 0) is 30.2 Å². The van der Waals surface area contributed by atoms with Crippen LogP contribution in [-0.4, -0.2) is 60.9 Å². The number of carbonyl (C=O) groups excluding carboxylic acids is 1. The predicted octanol–water partition coefficient (Wildman–Crippen LogP) is 0.170. The Bertz CT molecular complexity index is 1390. The van der Waals surface area contributed by atoms with Gasteiger partial charge in [-0.2, -0.15) is 0 Å². The van der Waals surface area contributed by atoms with Crippen LogP contribution in [0, 0.1) is 0 Å². The molecule has 5 rings (SSSR count). The number of pyridine rings is 1. The molecular formula is C23H24BN7O3. The number of nitrogens with zero attached hydrogens (tertiary/aromatic N) is 5. The van der Waals surface area contributed by atoms with E-state index in [9.17, 15) is 14.8 Å². The van der Waals surface area contributed by atoms with Crippen LogP contribution in [0.2, 0.25) is 0 Å². The first kappa shape index (κ1) is 22.0. The van der Waals surface area contributed by atoms with Crippen LogP contribution in [0.25, 0.3) is 17.0 Å². The molecule has 172 valence electrons. The summed E-state index contributed by atoms with van der Waals surface area (Å²) < 4.78 is 1.65. The number of hydrogen-bond donors (Lipinski definition) is 4. The van der Waals surface area contributed by atoms with Gasteiger partial charge in [0.05, 0.1) is 11.2 Å². The van der Waals surface area contributed by atoms with Gasteiger partial charge >= 0.3 is 7.12 Å². The van der Waals surface area contributed by atoms with Gasteiger partial charge in [0.2, 0.25) is 0 Å². The maximum Gasteiger partial charge on any atom is 0.488 e. The Hall–Kier alpha value is -3.80. The molecule has 0 aliphatic carbocycles. The maximum absolute atomic E-state index is 11.8. The third-order valence-corrected chi connectivity index (χ3v) is 6.00. The lowest BCUT2D eigenvalue weighted by Crippen LogP contribution is -2.30. The number of nitrogens with one attached hydrogen (secondary N) is 1. The Kier molecular flexibility index (Phi) is 5.74. The van der Waals surface area contributed by atoms with Crippen molar-refractivity contribution in [1.29, 1.82) is 0 Å². The monoisotopic (exact) mass is 457 g/mol. The van der Waals surface area contributed by atoms with E-state index in [0.717, 1.165) is 29.8 Å². The molecule has 1 aliphatic heterocycles. The van der Waals surface area contributed by atoms with Gasteiger partial charge in [0.1, 0.15) is 23.5 Å². The molecule has 0 saturated carbocycles. The number of anilines is 1. The lowest BCUT2D eigenvalue weighted by atomic mass is 9.79. The largest absolute Gasteiger partial charge is 0.488 e. The quantitative estimate of drug-likeness (QED) is 0.300. The molecule has 0 unspecified atom stereocenters. The van der Waals surface area contributed by atoms with Crippen molar-refractivity contribution in [1.82, 2.24) is 24.3 Å². The standard InChI is InChI=1S/C23H24BN7O3/c1-30-9-8-17-16(12-30)22(26-11-14-4-2-5-15(10-14)24(33)34)29-23(28-17)20-18-6-3-7-19(21(25)32)31(18)13-27-20/h2-7,10,13,33-34H,8-9,11-12H2,1H3,(H2,25,32)(H,26,28,29). The molecular weight excluding hydrogens is 433 g/mol. The summed E-state index contributed by atoms with van der Waals surface area (Å²) in [5.74, 6) is 0.629. The number of benzene rings is 1. The molecule has 34 heavy (non-hydrogen) atoms. The second-order valence-electron chi connectivity index (χ2n) is 8.40. The maximum atomic E-state index is 11.8. The first-order valence-corrected chi connectivity index (χ1v) is 10.9. The Morgan fingerprint density at radius 2 is 2.03 bits per heavy atom. The molecule has 1 aliphatic rings. The molecule has 11 heteroatoms. The second-order valence-corrected chi connectivity index (χ2v) is 8.40. The average Bonchev–Trinajstić information content (AvgIpc) is 3.27. The van der Waals surface area contributed by atoms with Gasteiger partial charge in [-0.3, -0.25) is 9.20 Å². The highest BCUT2D eigenvalue weighted by Crippen LogP contribution is 2.29. The highest BCUT2D eigenvalue weighted by atomic mass is 16.4. The van der Waals surface area contributed by atoms with Crippen LogP contribution in [0.3, 0.4) is 0 Å². The number of imidazole rings is 1. The Balaban J connectivity index is 1.55. The summed E-state index contributed by atoms with van der Waals surface area (Å²) in [6.45, 7) is 2.04. The molecule has 5 N–H and O–H groups in total. The predicted molar refractivity (Wildman–Crippen MR) is 128 cm³/mol. The fourth-order valence-electron chi connectivity index (χ4n) is 4.24. The van der Waals surface area contributed by atoms with E-state index < -0.39 is 13.0 Å². The molecule has 10 nitrogen and oxygen atoms in total. The van der Waals surface area contributed by atoms with Gasteiger partial charge in [0.25, 0.3) is 5.91 Å². The van der Waals surface area contributed by atoms with Crippen LogP contribution in [0.4, 0.5) is 5.82 Å². The van der Waals surface area contributed by atoms with Crippen molar-refractivity contribution >= 4 is 29.8 Å². The number of amides is 1. The number of fused-ring (bicyclic) bond motifs is 2. The first-order valence-electron chi connectivity index (χ1n) is 10.9. The molecule has 0 saturated heterocycles. The van der Waals surface area contributed by atoms with Crippen molar-refractivity contribution in [2.45, 2.75) is 19.5 Å². The van der Waals surface area contributed by atoms with E-state index in [-0.39, 0.29) is 0 Å². The smallest absolute Gasteiger partial charge is 0.423 e. The zero-order valence-electron chi connectivity index (χ0n) is 18.6. The zero-order chi connectivity index (χ0) is 23.8. The van der Waals surface area contributed by atoms with E-state index in [1.165, 1.54) is 0 Å². The molecule has 1 aromatic carbocycles. The SMILES string of the molecule is CN1CCc2nc(-c3ncn4c(C(N)=O)cccc34)nc(NCc3cccc(B(O)O)c3)c2C1. The number of carbonyl (C=O) groups is 1. The van der Waals surface area contributed by atoms with E-state index in [1.54, 1.807) is 41.1 Å². The number of aromatic nitrogens is 4. The third-order valence-electron chi connectivity index (χ3n) is 6.00. The minimum Gasteiger partial charge on any atom is -0.423 e. The summed E-state index contributed by atoms with van der Waals surface area (Å²) in [5, 5.41) is 22.4. The topological polar surface area (TPSA) is 142 Å². The minimum atomic E-state index is -1.52. The number of hydrogen-bond acceptors (Lipinski definition) is 8. The summed E-state index contributed by atoms with van der Waals surface area (Å²) in [7, 11) is 0.535. The van der Waals surface area contributed by atoms with Gasteiger partial charge in [-0.15, -0.1) is 0 Å². The molecule has 1 amide bonds. The van der Waals surface area contributed by atoms with Crippen molar-refractivity contribution in [3.8, 4) is 11.5 Å². The lowest BCUT2D eigenvalue weighted by Gasteiger charge is -2.26. The van der Waals surface area contributed by atoms with Gasteiger partial charge < -0.3 is 26.0 Å². The van der Waals surface area contributed by atoms with Crippen molar-refractivity contribution in [2.24, 2.45) is 5.73 Å². The molecule has 4 aromatic rings. The van der Waals surface area contributed by atoms with Crippen LogP contribution in [-0.2, 0) is 19.5 Å². The Labute approximate surface area is 196 Å². The van der Waals surface area contributed by atoms with E-state index in [2.05, 4.69) is 22.2 Å². The highest BCUT2D eigenvalue weighted by molar-refractivity contribution is 6.58. The molecule has 3 aromatic heterocycles. The number of primary amides is 1. The molecule has 0 fully saturated rings. The average molecular weight is 457 g/mol. The molecule has 0 atom stereocenters. The minimum absolute atomic E-state index is 0.333. The van der Waals surface area contributed by atoms with E-state index in [1.807, 2.05) is 12.1 Å². The second kappa shape index (κ2) is 8.86. The van der Waals surface area contributed by atoms with Crippen molar-refractivity contribution in [3.05, 3.63) is 71.3 Å². The molecule has 0 radical (unpaired) electrons. The van der Waals surface area contributed by atoms with Crippen molar-refractivity contribution in [3.63, 3.8) is 0 Å².